The number of hydrogen-bond acceptors (Lipinski definition) is 10. The van der Waals surface area contributed by atoms with Crippen LogP contribution in [0.2, 0.25) is 5.02 Å². The van der Waals surface area contributed by atoms with E-state index in [9.17, 15) is 48.9 Å². The summed E-state index contributed by atoms with van der Waals surface area (Å²) in [4.78, 5) is 94.2. The summed E-state index contributed by atoms with van der Waals surface area (Å²) in [5.74, 6) is -8.04. The molecule has 3 rings (SSSR count). The number of carboxylic acid groups (broad SMARTS) is 4. The number of nitrogens with one attached hydrogen (secondary N) is 4. The Balaban J connectivity index is 1.52. The largest absolute Gasteiger partial charge is 0.493 e. The van der Waals surface area contributed by atoms with Crippen LogP contribution >= 0.6 is 11.6 Å². The number of hydrogen-bond donors (Lipinski definition) is 9. The predicted octanol–water partition coefficient (Wildman–Crippen LogP) is 1.16. The Morgan fingerprint density at radius 2 is 1.28 bits per heavy atom. The van der Waals surface area contributed by atoms with E-state index in [1.54, 1.807) is 19.2 Å². The average molecular weight is 719 g/mol. The van der Waals surface area contributed by atoms with Gasteiger partial charge in [0.15, 0.2) is 0 Å². The topological polar surface area (TPSA) is 298 Å². The lowest BCUT2D eigenvalue weighted by molar-refractivity contribution is -0.144. The van der Waals surface area contributed by atoms with Crippen LogP contribution in [-0.2, 0) is 41.6 Å². The predicted molar refractivity (Wildman–Crippen MR) is 173 cm³/mol. The van der Waals surface area contributed by atoms with Crippen molar-refractivity contribution in [3.8, 4) is 5.88 Å². The molecule has 3 atom stereocenters. The number of halogens is 1. The molecule has 268 valence electrons. The first-order valence-corrected chi connectivity index (χ1v) is 15.5. The number of fused-ring (bicyclic) bond motifs is 1. The number of carbonyl (C=O) groups is 7. The molecule has 0 saturated heterocycles. The lowest BCUT2D eigenvalue weighted by Crippen LogP contribution is -2.45. The summed E-state index contributed by atoms with van der Waals surface area (Å²) in [6, 6.07) is -0.246. The highest BCUT2D eigenvalue weighted by atomic mass is 35.5. The summed E-state index contributed by atoms with van der Waals surface area (Å²) in [6.07, 6.45) is -0.265. The molecular weight excluding hydrogens is 684 g/mol. The summed E-state index contributed by atoms with van der Waals surface area (Å²) in [7, 11) is 0. The number of amides is 3. The number of aliphatic carboxylic acids is 4. The standard InChI is InChI=1S/C31H35ClN6O12/c1-14-34-26-25(28(44)35-14)17(13-33-26)5-3-15-2-4-16(12-18(15)32)27(43)38-21(31(49)50)7-10-23(40)36-19(29(45)46)6-9-22(39)37-20(30(47)48)8-11-24(41)42/h2,4,12-13,19-21H,3,5-11H2,1H3,(H,36,40)(H,37,39)(H,38,43)(H,41,42)(H,45,46)(H,47,48)(H,49,50)(H2,33,34,35,44)/t19-,20-,21-/m0/s1. The van der Waals surface area contributed by atoms with Crippen LogP contribution in [0.25, 0.3) is 11.0 Å². The fourth-order valence-electron chi connectivity index (χ4n) is 4.91. The van der Waals surface area contributed by atoms with Crippen molar-refractivity contribution in [2.45, 2.75) is 76.4 Å². The van der Waals surface area contributed by atoms with Gasteiger partial charge in [0.2, 0.25) is 17.7 Å². The molecule has 0 bridgehead atoms. The maximum Gasteiger partial charge on any atom is 0.326 e. The first kappa shape index (κ1) is 38.7. The van der Waals surface area contributed by atoms with Crippen LogP contribution in [0.1, 0.15) is 65.8 Å². The van der Waals surface area contributed by atoms with Crippen LogP contribution in [0.4, 0.5) is 0 Å². The van der Waals surface area contributed by atoms with E-state index in [1.165, 1.54) is 12.1 Å². The second kappa shape index (κ2) is 17.6. The third-order valence-corrected chi connectivity index (χ3v) is 7.87. The molecule has 2 heterocycles. The van der Waals surface area contributed by atoms with E-state index in [2.05, 4.69) is 30.9 Å². The van der Waals surface area contributed by atoms with E-state index in [0.717, 1.165) is 5.56 Å². The number of rotatable bonds is 19. The van der Waals surface area contributed by atoms with Crippen LogP contribution < -0.4 is 16.0 Å². The van der Waals surface area contributed by atoms with Crippen molar-refractivity contribution in [1.82, 2.24) is 30.9 Å². The molecule has 0 fully saturated rings. The van der Waals surface area contributed by atoms with Gasteiger partial charge in [0.25, 0.3) is 5.91 Å². The van der Waals surface area contributed by atoms with Gasteiger partial charge >= 0.3 is 23.9 Å². The van der Waals surface area contributed by atoms with Crippen molar-refractivity contribution in [2.75, 3.05) is 0 Å². The van der Waals surface area contributed by atoms with Gasteiger partial charge in [0.1, 0.15) is 29.6 Å². The van der Waals surface area contributed by atoms with Crippen LogP contribution in [0.5, 0.6) is 5.88 Å². The number of aromatic amines is 1. The zero-order valence-corrected chi connectivity index (χ0v) is 27.3. The maximum absolute atomic E-state index is 12.9. The number of nitrogens with zero attached hydrogens (tertiary/aromatic N) is 2. The molecule has 50 heavy (non-hydrogen) atoms. The van der Waals surface area contributed by atoms with E-state index in [4.69, 9.17) is 21.8 Å². The van der Waals surface area contributed by atoms with E-state index in [0.29, 0.717) is 35.3 Å². The Morgan fingerprint density at radius 1 is 0.760 bits per heavy atom. The van der Waals surface area contributed by atoms with Gasteiger partial charge in [-0.2, -0.15) is 4.98 Å². The lowest BCUT2D eigenvalue weighted by Gasteiger charge is -2.18. The zero-order valence-electron chi connectivity index (χ0n) is 26.6. The molecule has 0 unspecified atom stereocenters. The molecule has 18 nitrogen and oxygen atoms in total. The van der Waals surface area contributed by atoms with Gasteiger partial charge in [0.05, 0.1) is 5.39 Å². The SMILES string of the molecule is Cc1nc(O)c2c(CCc3ccc(C(=O)N[C@@H](CCC(=O)N[C@@H](CCC(=O)N[C@@H](CCC(=O)O)C(=O)O)C(=O)O)C(=O)O)cc3Cl)c[nH]c2n1. The third-order valence-electron chi connectivity index (χ3n) is 7.52. The van der Waals surface area contributed by atoms with Gasteiger partial charge in [-0.3, -0.25) is 19.2 Å². The van der Waals surface area contributed by atoms with Gasteiger partial charge in [-0.15, -0.1) is 0 Å². The van der Waals surface area contributed by atoms with Crippen LogP contribution in [0.3, 0.4) is 0 Å². The molecule has 9 N–H and O–H groups in total. The van der Waals surface area contributed by atoms with Crippen molar-refractivity contribution < 1.29 is 59.1 Å². The Bertz CT molecular complexity index is 1790. The smallest absolute Gasteiger partial charge is 0.326 e. The number of H-pyrrole nitrogens is 1. The summed E-state index contributed by atoms with van der Waals surface area (Å²) in [5, 5.41) is 54.5. The fraction of sp³-hybridized carbons (Fsp3) is 0.387. The molecule has 0 aliphatic rings. The Morgan fingerprint density at radius 3 is 1.80 bits per heavy atom. The van der Waals surface area contributed by atoms with Gasteiger partial charge in [-0.25, -0.2) is 19.4 Å². The van der Waals surface area contributed by atoms with Crippen molar-refractivity contribution >= 4 is 64.2 Å². The van der Waals surface area contributed by atoms with Gasteiger partial charge in [-0.1, -0.05) is 17.7 Å². The molecule has 19 heteroatoms. The van der Waals surface area contributed by atoms with Crippen molar-refractivity contribution in [3.63, 3.8) is 0 Å². The molecule has 3 aromatic rings. The minimum atomic E-state index is -1.59. The minimum absolute atomic E-state index is 0.0420. The lowest BCUT2D eigenvalue weighted by atomic mass is 10.0. The first-order chi connectivity index (χ1) is 23.5. The van der Waals surface area contributed by atoms with E-state index < -0.39 is 98.2 Å². The number of aryl methyl sites for hydroxylation is 3. The number of aromatic nitrogens is 3. The highest BCUT2D eigenvalue weighted by Gasteiger charge is 2.26. The van der Waals surface area contributed by atoms with Gasteiger partial charge in [0, 0.05) is 36.0 Å². The van der Waals surface area contributed by atoms with E-state index in [1.807, 2.05) is 0 Å². The second-order valence-electron chi connectivity index (χ2n) is 11.2. The van der Waals surface area contributed by atoms with Crippen LogP contribution in [0, 0.1) is 6.92 Å². The van der Waals surface area contributed by atoms with E-state index in [-0.39, 0.29) is 16.5 Å². The Hall–Kier alpha value is -5.78. The monoisotopic (exact) mass is 718 g/mol. The fourth-order valence-corrected chi connectivity index (χ4v) is 5.18. The second-order valence-corrected chi connectivity index (χ2v) is 11.6. The molecular formula is C31H35ClN6O12. The zero-order chi connectivity index (χ0) is 37.1. The van der Waals surface area contributed by atoms with E-state index >= 15 is 0 Å². The highest BCUT2D eigenvalue weighted by molar-refractivity contribution is 6.31. The summed E-state index contributed by atoms with van der Waals surface area (Å²) in [5.41, 5.74) is 1.95. The Kier molecular flexibility index (Phi) is 13.6. The molecule has 0 spiro atoms. The molecule has 0 aliphatic heterocycles. The molecule has 0 radical (unpaired) electrons. The van der Waals surface area contributed by atoms with Crippen LogP contribution in [0.15, 0.2) is 24.4 Å². The third kappa shape index (κ3) is 11.1. The number of aromatic hydroxyl groups is 1. The van der Waals surface area contributed by atoms with Gasteiger partial charge in [-0.05, 0) is 62.3 Å². The van der Waals surface area contributed by atoms with Crippen molar-refractivity contribution in [1.29, 1.82) is 0 Å². The maximum atomic E-state index is 12.9. The van der Waals surface area contributed by atoms with Crippen molar-refractivity contribution in [3.05, 3.63) is 51.9 Å². The first-order valence-electron chi connectivity index (χ1n) is 15.2. The quantitative estimate of drug-likeness (QED) is 0.0840. The normalized spacial score (nSPS) is 12.8. The summed E-state index contributed by atoms with van der Waals surface area (Å²) >= 11 is 6.42. The average Bonchev–Trinajstić information content (AvgIpc) is 3.44. The van der Waals surface area contributed by atoms with Gasteiger partial charge < -0.3 is 46.5 Å². The molecule has 2 aromatic heterocycles. The molecule has 1 aromatic carbocycles. The highest BCUT2D eigenvalue weighted by Crippen LogP contribution is 2.27. The van der Waals surface area contributed by atoms with Crippen molar-refractivity contribution in [2.24, 2.45) is 0 Å². The molecule has 3 amide bonds. The number of benzene rings is 1. The minimum Gasteiger partial charge on any atom is -0.493 e. The number of carbonyl (C=O) groups excluding carboxylic acids is 3. The molecule has 0 aliphatic carbocycles. The summed E-state index contributed by atoms with van der Waals surface area (Å²) in [6.45, 7) is 1.65. The Labute approximate surface area is 288 Å². The summed E-state index contributed by atoms with van der Waals surface area (Å²) < 4.78 is 0. The number of carboxylic acids is 4. The van der Waals surface area contributed by atoms with Crippen LogP contribution in [-0.4, -0.2) is 100 Å². The molecule has 0 saturated carbocycles.